The Morgan fingerprint density at radius 1 is 1.22 bits per heavy atom. The van der Waals surface area contributed by atoms with Crippen molar-refractivity contribution in [3.63, 3.8) is 0 Å². The van der Waals surface area contributed by atoms with Crippen LogP contribution in [0.25, 0.3) is 23.0 Å². The van der Waals surface area contributed by atoms with Gasteiger partial charge in [-0.25, -0.2) is 9.07 Å². The van der Waals surface area contributed by atoms with Gasteiger partial charge in [0.2, 0.25) is 0 Å². The molecule has 0 spiro atoms. The third-order valence-corrected chi connectivity index (χ3v) is 6.48. The van der Waals surface area contributed by atoms with Crippen LogP contribution in [-0.2, 0) is 9.53 Å². The number of methoxy groups -OCH3 is 1. The van der Waals surface area contributed by atoms with Gasteiger partial charge in [-0.2, -0.15) is 5.10 Å². The molecule has 0 atom stereocenters. The fourth-order valence-electron chi connectivity index (χ4n) is 3.37. The highest BCUT2D eigenvalue weighted by atomic mass is 32.2. The third kappa shape index (κ3) is 4.67. The molecule has 1 aliphatic rings. The van der Waals surface area contributed by atoms with E-state index in [0.29, 0.717) is 45.6 Å². The Kier molecular flexibility index (Phi) is 6.83. The van der Waals surface area contributed by atoms with E-state index >= 15 is 0 Å². The molecule has 0 bridgehead atoms. The Bertz CT molecular complexity index is 1190. The molecular weight excluding hydrogens is 445 g/mol. The molecule has 8 heteroatoms. The molecule has 1 saturated heterocycles. The van der Waals surface area contributed by atoms with E-state index in [-0.39, 0.29) is 11.7 Å². The van der Waals surface area contributed by atoms with E-state index < -0.39 is 0 Å². The molecule has 1 aromatic heterocycles. The van der Waals surface area contributed by atoms with Gasteiger partial charge in [0.15, 0.2) is 0 Å². The molecule has 0 aliphatic carbocycles. The lowest BCUT2D eigenvalue weighted by Gasteiger charge is -2.13. The number of ether oxygens (including phenoxy) is 1. The first-order valence-corrected chi connectivity index (χ1v) is 11.4. The number of benzene rings is 2. The lowest BCUT2D eigenvalue weighted by atomic mass is 10.1. The van der Waals surface area contributed by atoms with Crippen molar-refractivity contribution in [3.05, 3.63) is 76.6 Å². The minimum Gasteiger partial charge on any atom is -0.385 e. The summed E-state index contributed by atoms with van der Waals surface area (Å²) in [5.41, 5.74) is 3.39. The summed E-state index contributed by atoms with van der Waals surface area (Å²) in [6, 6.07) is 14.7. The van der Waals surface area contributed by atoms with Crippen molar-refractivity contribution < 1.29 is 13.9 Å². The molecule has 3 aromatic rings. The lowest BCUT2D eigenvalue weighted by molar-refractivity contribution is -0.122. The zero-order chi connectivity index (χ0) is 22.7. The van der Waals surface area contributed by atoms with Gasteiger partial charge in [-0.3, -0.25) is 9.69 Å². The van der Waals surface area contributed by atoms with Gasteiger partial charge in [0.05, 0.1) is 10.6 Å². The monoisotopic (exact) mass is 467 g/mol. The maximum absolute atomic E-state index is 14.3. The van der Waals surface area contributed by atoms with E-state index in [1.54, 1.807) is 35.8 Å². The second-order valence-corrected chi connectivity index (χ2v) is 9.03. The number of aromatic nitrogens is 2. The van der Waals surface area contributed by atoms with Crippen LogP contribution in [0.15, 0.2) is 59.6 Å². The molecule has 1 fully saturated rings. The van der Waals surface area contributed by atoms with Crippen LogP contribution in [0, 0.1) is 12.7 Å². The number of thioether (sulfide) groups is 1. The first-order valence-electron chi connectivity index (χ1n) is 10.1. The minimum atomic E-state index is -0.299. The summed E-state index contributed by atoms with van der Waals surface area (Å²) < 4.78 is 21.6. The van der Waals surface area contributed by atoms with E-state index in [1.807, 2.05) is 42.6 Å². The SMILES string of the molecule is COCCCN1C(=O)C(=Cc2cn(-c3ccccc3)nc2-c2ccc(C)c(F)c2)SC1=S. The van der Waals surface area contributed by atoms with Crippen molar-refractivity contribution in [1.29, 1.82) is 0 Å². The molecule has 164 valence electrons. The molecular formula is C24H22FN3O2S2. The Hall–Kier alpha value is -2.81. The number of hydrogen-bond acceptors (Lipinski definition) is 5. The summed E-state index contributed by atoms with van der Waals surface area (Å²) in [6.07, 6.45) is 4.34. The number of amides is 1. The number of hydrogen-bond donors (Lipinski definition) is 0. The summed E-state index contributed by atoms with van der Waals surface area (Å²) in [7, 11) is 1.63. The van der Waals surface area contributed by atoms with Gasteiger partial charge in [-0.05, 0) is 43.2 Å². The predicted octanol–water partition coefficient (Wildman–Crippen LogP) is 5.22. The van der Waals surface area contributed by atoms with Crippen LogP contribution in [0.3, 0.4) is 0 Å². The molecule has 5 nitrogen and oxygen atoms in total. The van der Waals surface area contributed by atoms with Gasteiger partial charge in [0, 0.05) is 37.6 Å². The van der Waals surface area contributed by atoms with Crippen molar-refractivity contribution in [2.45, 2.75) is 13.3 Å². The summed E-state index contributed by atoms with van der Waals surface area (Å²) in [5.74, 6) is -0.434. The van der Waals surface area contributed by atoms with Crippen molar-refractivity contribution in [2.75, 3.05) is 20.3 Å². The van der Waals surface area contributed by atoms with Crippen molar-refractivity contribution in [2.24, 2.45) is 0 Å². The van der Waals surface area contributed by atoms with Crippen molar-refractivity contribution in [3.8, 4) is 16.9 Å². The molecule has 0 unspecified atom stereocenters. The minimum absolute atomic E-state index is 0.135. The first kappa shape index (κ1) is 22.4. The molecule has 4 rings (SSSR count). The molecule has 2 aromatic carbocycles. The Labute approximate surface area is 195 Å². The topological polar surface area (TPSA) is 47.4 Å². The largest absolute Gasteiger partial charge is 0.385 e. The van der Waals surface area contributed by atoms with Crippen molar-refractivity contribution >= 4 is 40.3 Å². The number of carbonyl (C=O) groups is 1. The number of aryl methyl sites for hydroxylation is 1. The molecule has 0 N–H and O–H groups in total. The normalized spacial score (nSPS) is 15.2. The summed E-state index contributed by atoms with van der Waals surface area (Å²) >= 11 is 6.68. The highest BCUT2D eigenvalue weighted by Gasteiger charge is 2.32. The number of nitrogens with zero attached hydrogens (tertiary/aromatic N) is 3. The van der Waals surface area contributed by atoms with Crippen LogP contribution in [0.5, 0.6) is 0 Å². The lowest BCUT2D eigenvalue weighted by Crippen LogP contribution is -2.29. The molecule has 1 amide bonds. The third-order valence-electron chi connectivity index (χ3n) is 5.10. The van der Waals surface area contributed by atoms with Gasteiger partial charge in [0.1, 0.15) is 15.8 Å². The van der Waals surface area contributed by atoms with Crippen molar-refractivity contribution in [1.82, 2.24) is 14.7 Å². The van der Waals surface area contributed by atoms with E-state index in [2.05, 4.69) is 0 Å². The molecule has 0 radical (unpaired) electrons. The predicted molar refractivity (Wildman–Crippen MR) is 130 cm³/mol. The van der Waals surface area contributed by atoms with Crippen LogP contribution in [0.1, 0.15) is 17.5 Å². The standard InChI is InChI=1S/C24H22FN3O2S2/c1-16-9-10-17(13-20(16)25)22-18(15-28(26-22)19-7-4-3-5-8-19)14-21-23(29)27(24(31)32-21)11-6-12-30-2/h3-5,7-10,13-15H,6,11-12H2,1-2H3. The zero-order valence-electron chi connectivity index (χ0n) is 17.7. The van der Waals surface area contributed by atoms with Crippen LogP contribution in [0.2, 0.25) is 0 Å². The molecule has 32 heavy (non-hydrogen) atoms. The quantitative estimate of drug-likeness (QED) is 0.271. The number of para-hydroxylation sites is 1. The fraction of sp³-hybridized carbons (Fsp3) is 0.208. The summed E-state index contributed by atoms with van der Waals surface area (Å²) in [6.45, 7) is 2.79. The second-order valence-electron chi connectivity index (χ2n) is 7.36. The van der Waals surface area contributed by atoms with Crippen LogP contribution in [0.4, 0.5) is 4.39 Å². The highest BCUT2D eigenvalue weighted by molar-refractivity contribution is 8.26. The number of halogens is 1. The first-order chi connectivity index (χ1) is 15.5. The summed E-state index contributed by atoms with van der Waals surface area (Å²) in [4.78, 5) is 15.1. The maximum Gasteiger partial charge on any atom is 0.266 e. The van der Waals surface area contributed by atoms with Crippen LogP contribution >= 0.6 is 24.0 Å². The van der Waals surface area contributed by atoms with Crippen LogP contribution < -0.4 is 0 Å². The second kappa shape index (κ2) is 9.77. The average molecular weight is 468 g/mol. The van der Waals surface area contributed by atoms with Gasteiger partial charge >= 0.3 is 0 Å². The zero-order valence-corrected chi connectivity index (χ0v) is 19.4. The smallest absolute Gasteiger partial charge is 0.266 e. The van der Waals surface area contributed by atoms with Gasteiger partial charge < -0.3 is 4.74 Å². The van der Waals surface area contributed by atoms with E-state index in [0.717, 1.165) is 11.3 Å². The highest BCUT2D eigenvalue weighted by Crippen LogP contribution is 2.35. The van der Waals surface area contributed by atoms with Gasteiger partial charge in [-0.1, -0.05) is 54.3 Å². The Morgan fingerprint density at radius 2 is 2.00 bits per heavy atom. The van der Waals surface area contributed by atoms with E-state index in [4.69, 9.17) is 22.1 Å². The summed E-state index contributed by atoms with van der Waals surface area (Å²) in [5, 5.41) is 4.71. The number of thiocarbonyl (C=S) groups is 1. The molecule has 2 heterocycles. The number of rotatable bonds is 7. The molecule has 0 saturated carbocycles. The maximum atomic E-state index is 14.3. The Morgan fingerprint density at radius 3 is 2.72 bits per heavy atom. The van der Waals surface area contributed by atoms with Gasteiger partial charge in [-0.15, -0.1) is 0 Å². The number of carbonyl (C=O) groups excluding carboxylic acids is 1. The van der Waals surface area contributed by atoms with E-state index in [9.17, 15) is 9.18 Å². The van der Waals surface area contributed by atoms with E-state index in [1.165, 1.54) is 17.8 Å². The fourth-order valence-corrected chi connectivity index (χ4v) is 4.67. The Balaban J connectivity index is 1.74. The molecule has 1 aliphatic heterocycles. The van der Waals surface area contributed by atoms with Crippen LogP contribution in [-0.4, -0.2) is 45.2 Å². The average Bonchev–Trinajstić information content (AvgIpc) is 3.33. The van der Waals surface area contributed by atoms with Gasteiger partial charge in [0.25, 0.3) is 5.91 Å².